The van der Waals surface area contributed by atoms with E-state index in [0.717, 1.165) is 16.8 Å². The van der Waals surface area contributed by atoms with Crippen molar-refractivity contribution >= 4 is 28.8 Å². The summed E-state index contributed by atoms with van der Waals surface area (Å²) in [7, 11) is 0. The molecule has 110 valence electrons. The molecule has 0 aliphatic heterocycles. The summed E-state index contributed by atoms with van der Waals surface area (Å²) in [6.07, 6.45) is 0. The molecule has 0 aromatic heterocycles. The number of hydrogen-bond acceptors (Lipinski definition) is 3. The fourth-order valence-corrected chi connectivity index (χ4v) is 1.93. The number of aryl methyl sites for hydroxylation is 1. The smallest absolute Gasteiger partial charge is 0.242 e. The first-order valence-corrected chi connectivity index (χ1v) is 7.16. The molecule has 20 heavy (non-hydrogen) atoms. The molecule has 1 aromatic carbocycles. The molecule has 0 heterocycles. The highest BCUT2D eigenvalue weighted by molar-refractivity contribution is 7.80. The van der Waals surface area contributed by atoms with E-state index in [1.54, 1.807) is 0 Å². The van der Waals surface area contributed by atoms with Gasteiger partial charge in [-0.05, 0) is 37.5 Å². The number of thiocarbonyl (C=S) groups is 1. The van der Waals surface area contributed by atoms with Crippen molar-refractivity contribution in [3.8, 4) is 0 Å². The number of carbonyl (C=O) groups is 1. The molecule has 1 aromatic rings. The Morgan fingerprint density at radius 1 is 1.35 bits per heavy atom. The molecule has 0 radical (unpaired) electrons. The standard InChI is InChI=1S/C15H23N3OS/c1-9(2)8-17-15(19)11(4)18-13-7-10(3)5-6-12(13)14(16)20/h5-7,9,11,18H,8H2,1-4H3,(H2,16,20)(H,17,19). The first-order valence-electron chi connectivity index (χ1n) is 6.76. The highest BCUT2D eigenvalue weighted by Crippen LogP contribution is 2.18. The highest BCUT2D eigenvalue weighted by atomic mass is 32.1. The Balaban J connectivity index is 2.79. The molecule has 1 rings (SSSR count). The minimum absolute atomic E-state index is 0.0332. The summed E-state index contributed by atoms with van der Waals surface area (Å²) in [4.78, 5) is 12.3. The Morgan fingerprint density at radius 3 is 2.55 bits per heavy atom. The molecule has 0 saturated carbocycles. The lowest BCUT2D eigenvalue weighted by atomic mass is 10.1. The molecule has 0 spiro atoms. The molecule has 1 unspecified atom stereocenters. The number of carbonyl (C=O) groups excluding carboxylic acids is 1. The van der Waals surface area contributed by atoms with Gasteiger partial charge in [-0.3, -0.25) is 4.79 Å². The third-order valence-electron chi connectivity index (χ3n) is 2.89. The minimum atomic E-state index is -0.344. The molecule has 1 amide bonds. The molecule has 0 bridgehead atoms. The van der Waals surface area contributed by atoms with Crippen LogP contribution >= 0.6 is 12.2 Å². The number of nitrogens with one attached hydrogen (secondary N) is 2. The van der Waals surface area contributed by atoms with Gasteiger partial charge in [0.2, 0.25) is 5.91 Å². The Kier molecular flexibility index (Phi) is 5.95. The van der Waals surface area contributed by atoms with E-state index in [1.807, 2.05) is 32.0 Å². The van der Waals surface area contributed by atoms with Crippen LogP contribution in [0.2, 0.25) is 0 Å². The molecule has 0 fully saturated rings. The first-order chi connectivity index (χ1) is 9.31. The SMILES string of the molecule is Cc1ccc(C(N)=S)c(NC(C)C(=O)NCC(C)C)c1. The Hall–Kier alpha value is -1.62. The van der Waals surface area contributed by atoms with Crippen LogP contribution in [0.5, 0.6) is 0 Å². The second-order valence-corrected chi connectivity index (χ2v) is 5.86. The van der Waals surface area contributed by atoms with Crippen LogP contribution in [0.4, 0.5) is 5.69 Å². The van der Waals surface area contributed by atoms with Gasteiger partial charge in [0.05, 0.1) is 0 Å². The number of nitrogens with two attached hydrogens (primary N) is 1. The van der Waals surface area contributed by atoms with E-state index in [9.17, 15) is 4.79 Å². The van der Waals surface area contributed by atoms with Crippen LogP contribution in [0, 0.1) is 12.8 Å². The molecule has 4 N–H and O–H groups in total. The Labute approximate surface area is 126 Å². The number of amides is 1. The van der Waals surface area contributed by atoms with Gasteiger partial charge in [0.25, 0.3) is 0 Å². The van der Waals surface area contributed by atoms with Crippen LogP contribution in [0.15, 0.2) is 18.2 Å². The maximum Gasteiger partial charge on any atom is 0.242 e. The van der Waals surface area contributed by atoms with E-state index in [-0.39, 0.29) is 11.9 Å². The zero-order chi connectivity index (χ0) is 15.3. The van der Waals surface area contributed by atoms with Crippen LogP contribution in [0.3, 0.4) is 0 Å². The van der Waals surface area contributed by atoms with Gasteiger partial charge in [0.1, 0.15) is 11.0 Å². The maximum atomic E-state index is 12.0. The molecule has 0 saturated heterocycles. The number of hydrogen-bond donors (Lipinski definition) is 3. The summed E-state index contributed by atoms with van der Waals surface area (Å²) >= 11 is 5.03. The maximum absolute atomic E-state index is 12.0. The summed E-state index contributed by atoms with van der Waals surface area (Å²) in [5.74, 6) is 0.395. The van der Waals surface area contributed by atoms with Gasteiger partial charge in [-0.15, -0.1) is 0 Å². The largest absolute Gasteiger partial charge is 0.389 e. The fraction of sp³-hybridized carbons (Fsp3) is 0.467. The van der Waals surface area contributed by atoms with Crippen molar-refractivity contribution in [3.05, 3.63) is 29.3 Å². The lowest BCUT2D eigenvalue weighted by Gasteiger charge is -2.18. The number of benzene rings is 1. The van der Waals surface area contributed by atoms with Crippen LogP contribution in [-0.4, -0.2) is 23.5 Å². The average molecular weight is 293 g/mol. The fourth-order valence-electron chi connectivity index (χ4n) is 1.75. The zero-order valence-corrected chi connectivity index (χ0v) is 13.3. The van der Waals surface area contributed by atoms with Gasteiger partial charge in [-0.1, -0.05) is 32.1 Å². The van der Waals surface area contributed by atoms with E-state index < -0.39 is 0 Å². The predicted octanol–water partition coefficient (Wildman–Crippen LogP) is 2.20. The van der Waals surface area contributed by atoms with E-state index in [1.165, 1.54) is 0 Å². The second-order valence-electron chi connectivity index (χ2n) is 5.42. The van der Waals surface area contributed by atoms with Gasteiger partial charge >= 0.3 is 0 Å². The monoisotopic (exact) mass is 293 g/mol. The van der Waals surface area contributed by atoms with Gasteiger partial charge in [0, 0.05) is 17.8 Å². The minimum Gasteiger partial charge on any atom is -0.389 e. The van der Waals surface area contributed by atoms with E-state index in [4.69, 9.17) is 18.0 Å². The van der Waals surface area contributed by atoms with Gasteiger partial charge in [-0.2, -0.15) is 0 Å². The van der Waals surface area contributed by atoms with Crippen LogP contribution in [0.1, 0.15) is 31.9 Å². The summed E-state index contributed by atoms with van der Waals surface area (Å²) < 4.78 is 0. The summed E-state index contributed by atoms with van der Waals surface area (Å²) in [5.41, 5.74) is 8.35. The molecule has 1 atom stereocenters. The highest BCUT2D eigenvalue weighted by Gasteiger charge is 2.15. The van der Waals surface area contributed by atoms with Gasteiger partial charge in [0.15, 0.2) is 0 Å². The van der Waals surface area contributed by atoms with Crippen molar-refractivity contribution in [1.82, 2.24) is 5.32 Å². The number of anilines is 1. The zero-order valence-electron chi connectivity index (χ0n) is 12.5. The molecule has 0 aliphatic rings. The van der Waals surface area contributed by atoms with Crippen molar-refractivity contribution < 1.29 is 4.79 Å². The Morgan fingerprint density at radius 2 is 2.00 bits per heavy atom. The lowest BCUT2D eigenvalue weighted by molar-refractivity contribution is -0.121. The van der Waals surface area contributed by atoms with Crippen molar-refractivity contribution in [2.24, 2.45) is 11.7 Å². The van der Waals surface area contributed by atoms with Gasteiger partial charge in [-0.25, -0.2) is 0 Å². The van der Waals surface area contributed by atoms with Crippen LogP contribution < -0.4 is 16.4 Å². The summed E-state index contributed by atoms with van der Waals surface area (Å²) in [5, 5.41) is 6.08. The molecular weight excluding hydrogens is 270 g/mol. The topological polar surface area (TPSA) is 67.1 Å². The number of rotatable bonds is 6. The molecule has 4 nitrogen and oxygen atoms in total. The van der Waals surface area contributed by atoms with Crippen molar-refractivity contribution in [1.29, 1.82) is 0 Å². The lowest BCUT2D eigenvalue weighted by Crippen LogP contribution is -2.39. The Bertz CT molecular complexity index is 500. The third-order valence-corrected chi connectivity index (χ3v) is 3.11. The van der Waals surface area contributed by atoms with E-state index >= 15 is 0 Å². The first kappa shape index (κ1) is 16.4. The van der Waals surface area contributed by atoms with Crippen molar-refractivity contribution in [2.75, 3.05) is 11.9 Å². The van der Waals surface area contributed by atoms with E-state index in [0.29, 0.717) is 17.5 Å². The van der Waals surface area contributed by atoms with Crippen molar-refractivity contribution in [3.63, 3.8) is 0 Å². The van der Waals surface area contributed by atoms with Crippen molar-refractivity contribution in [2.45, 2.75) is 33.7 Å². The average Bonchev–Trinajstić information content (AvgIpc) is 2.35. The van der Waals surface area contributed by atoms with Gasteiger partial charge < -0.3 is 16.4 Å². The summed E-state index contributed by atoms with van der Waals surface area (Å²) in [6, 6.07) is 5.42. The molecular formula is C15H23N3OS. The van der Waals surface area contributed by atoms with Crippen LogP contribution in [0.25, 0.3) is 0 Å². The molecule has 0 aliphatic carbocycles. The predicted molar refractivity (Wildman–Crippen MR) is 88.0 cm³/mol. The quantitative estimate of drug-likeness (QED) is 0.703. The normalized spacial score (nSPS) is 12.1. The summed E-state index contributed by atoms with van der Waals surface area (Å²) in [6.45, 7) is 8.59. The van der Waals surface area contributed by atoms with E-state index in [2.05, 4.69) is 24.5 Å². The third kappa shape index (κ3) is 4.81. The second kappa shape index (κ2) is 7.24. The molecule has 5 heteroatoms. The van der Waals surface area contributed by atoms with Crippen LogP contribution in [-0.2, 0) is 4.79 Å².